The molecule has 136 valence electrons. The molecule has 5 nitrogen and oxygen atoms in total. The van der Waals surface area contributed by atoms with E-state index in [1.807, 2.05) is 43.3 Å². The zero-order chi connectivity index (χ0) is 18.3. The number of halogens is 1. The molecule has 0 aliphatic carbocycles. The maximum Gasteiger partial charge on any atom is 0.229 e. The fraction of sp³-hybridized carbons (Fsp3) is 0.333. The predicted octanol–water partition coefficient (Wildman–Crippen LogP) is 3.83. The minimum atomic E-state index is -3.27. The molecule has 2 rings (SSSR count). The Kier molecular flexibility index (Phi) is 7.11. The third-order valence-electron chi connectivity index (χ3n) is 3.53. The zero-order valence-corrected chi connectivity index (χ0v) is 15.9. The van der Waals surface area contributed by atoms with Crippen LogP contribution < -0.4 is 14.8 Å². The first-order valence-electron chi connectivity index (χ1n) is 8.03. The van der Waals surface area contributed by atoms with Crippen LogP contribution >= 0.6 is 11.6 Å². The van der Waals surface area contributed by atoms with Gasteiger partial charge in [0, 0.05) is 16.8 Å². The molecular formula is C18H23ClN2O3S. The van der Waals surface area contributed by atoms with E-state index < -0.39 is 10.0 Å². The number of rotatable bonds is 9. The Bertz CT molecular complexity index is 796. The Morgan fingerprint density at radius 2 is 1.92 bits per heavy atom. The number of benzene rings is 2. The van der Waals surface area contributed by atoms with Crippen LogP contribution in [0.15, 0.2) is 48.5 Å². The summed E-state index contributed by atoms with van der Waals surface area (Å²) in [6.07, 6.45) is 1.99. The molecule has 0 aliphatic rings. The lowest BCUT2D eigenvalue weighted by Gasteiger charge is -2.16. The van der Waals surface area contributed by atoms with Gasteiger partial charge in [0.1, 0.15) is 5.75 Å². The quantitative estimate of drug-likeness (QED) is 0.647. The van der Waals surface area contributed by atoms with Crippen LogP contribution in [0.2, 0.25) is 5.02 Å². The second kappa shape index (κ2) is 9.08. The fourth-order valence-corrected chi connectivity index (χ4v) is 3.08. The second-order valence-electron chi connectivity index (χ2n) is 5.83. The normalized spacial score (nSPS) is 12.6. The van der Waals surface area contributed by atoms with Gasteiger partial charge >= 0.3 is 0 Å². The van der Waals surface area contributed by atoms with E-state index in [-0.39, 0.29) is 6.04 Å². The molecule has 0 saturated carbocycles. The highest BCUT2D eigenvalue weighted by atomic mass is 35.5. The van der Waals surface area contributed by atoms with Crippen LogP contribution in [0.3, 0.4) is 0 Å². The summed E-state index contributed by atoms with van der Waals surface area (Å²) in [4.78, 5) is 0. The molecule has 1 atom stereocenters. The lowest BCUT2D eigenvalue weighted by Crippen LogP contribution is -2.21. The summed E-state index contributed by atoms with van der Waals surface area (Å²) in [6.45, 7) is 3.42. The van der Waals surface area contributed by atoms with Crippen molar-refractivity contribution in [2.24, 2.45) is 0 Å². The largest absolute Gasteiger partial charge is 0.493 e. The van der Waals surface area contributed by atoms with Crippen molar-refractivity contribution in [3.05, 3.63) is 59.1 Å². The molecule has 0 radical (unpaired) electrons. The highest BCUT2D eigenvalue weighted by molar-refractivity contribution is 7.92. The standard InChI is InChI=1S/C18H23ClN2O3S/c1-14(15-6-3-8-17(12-15)21-25(2,22)23)20-10-5-11-24-18-9-4-7-16(19)13-18/h3-4,6-9,12-14,20-21H,5,10-11H2,1-2H3/t14-/m1/s1. The van der Waals surface area contributed by atoms with Crippen LogP contribution in [-0.4, -0.2) is 27.8 Å². The van der Waals surface area contributed by atoms with Gasteiger partial charge in [-0.15, -0.1) is 0 Å². The van der Waals surface area contributed by atoms with E-state index >= 15 is 0 Å². The van der Waals surface area contributed by atoms with Crippen molar-refractivity contribution < 1.29 is 13.2 Å². The van der Waals surface area contributed by atoms with Gasteiger partial charge in [-0.1, -0.05) is 29.8 Å². The first kappa shape index (κ1) is 19.6. The average Bonchev–Trinajstić information content (AvgIpc) is 2.53. The smallest absolute Gasteiger partial charge is 0.229 e. The molecule has 0 unspecified atom stereocenters. The van der Waals surface area contributed by atoms with E-state index in [0.29, 0.717) is 17.3 Å². The Labute approximate surface area is 154 Å². The molecule has 0 bridgehead atoms. The van der Waals surface area contributed by atoms with Crippen LogP contribution in [0.4, 0.5) is 5.69 Å². The molecule has 0 fully saturated rings. The highest BCUT2D eigenvalue weighted by Gasteiger charge is 2.07. The lowest BCUT2D eigenvalue weighted by atomic mass is 10.1. The number of sulfonamides is 1. The van der Waals surface area contributed by atoms with Crippen molar-refractivity contribution in [3.8, 4) is 5.75 Å². The van der Waals surface area contributed by atoms with Gasteiger partial charge in [0.05, 0.1) is 12.9 Å². The van der Waals surface area contributed by atoms with E-state index in [2.05, 4.69) is 10.0 Å². The fourth-order valence-electron chi connectivity index (χ4n) is 2.34. The van der Waals surface area contributed by atoms with E-state index in [9.17, 15) is 8.42 Å². The zero-order valence-electron chi connectivity index (χ0n) is 14.3. The molecule has 7 heteroatoms. The summed E-state index contributed by atoms with van der Waals surface area (Å²) in [5.41, 5.74) is 1.59. The van der Waals surface area contributed by atoms with Crippen molar-refractivity contribution in [1.29, 1.82) is 0 Å². The number of anilines is 1. The lowest BCUT2D eigenvalue weighted by molar-refractivity contribution is 0.305. The van der Waals surface area contributed by atoms with Gasteiger partial charge in [-0.05, 0) is 55.8 Å². The second-order valence-corrected chi connectivity index (χ2v) is 8.02. The maximum atomic E-state index is 11.3. The molecule has 0 aromatic heterocycles. The van der Waals surface area contributed by atoms with Crippen LogP contribution in [0.25, 0.3) is 0 Å². The monoisotopic (exact) mass is 382 g/mol. The number of hydrogen-bond donors (Lipinski definition) is 2. The first-order valence-corrected chi connectivity index (χ1v) is 10.3. The van der Waals surface area contributed by atoms with Crippen LogP contribution in [0.5, 0.6) is 5.75 Å². The van der Waals surface area contributed by atoms with Gasteiger partial charge in [0.2, 0.25) is 10.0 Å². The minimum Gasteiger partial charge on any atom is -0.493 e. The van der Waals surface area contributed by atoms with Crippen molar-refractivity contribution in [2.75, 3.05) is 24.1 Å². The Balaban J connectivity index is 1.76. The summed E-state index contributed by atoms with van der Waals surface area (Å²) >= 11 is 5.91. The summed E-state index contributed by atoms with van der Waals surface area (Å²) in [6, 6.07) is 14.8. The van der Waals surface area contributed by atoms with Gasteiger partial charge in [-0.25, -0.2) is 8.42 Å². The SMILES string of the molecule is C[C@@H](NCCCOc1cccc(Cl)c1)c1cccc(NS(C)(=O)=O)c1. The first-order chi connectivity index (χ1) is 11.8. The molecule has 0 saturated heterocycles. The molecule has 25 heavy (non-hydrogen) atoms. The molecule has 0 spiro atoms. The summed E-state index contributed by atoms with van der Waals surface area (Å²) in [7, 11) is -3.27. The van der Waals surface area contributed by atoms with Gasteiger partial charge < -0.3 is 10.1 Å². The predicted molar refractivity (Wildman–Crippen MR) is 103 cm³/mol. The number of ether oxygens (including phenoxy) is 1. The highest BCUT2D eigenvalue weighted by Crippen LogP contribution is 2.19. The van der Waals surface area contributed by atoms with Crippen molar-refractivity contribution in [3.63, 3.8) is 0 Å². The third-order valence-corrected chi connectivity index (χ3v) is 4.37. The summed E-state index contributed by atoms with van der Waals surface area (Å²) in [5, 5.41) is 4.06. The Hall–Kier alpha value is -1.76. The number of nitrogens with one attached hydrogen (secondary N) is 2. The molecule has 0 aliphatic heterocycles. The minimum absolute atomic E-state index is 0.104. The van der Waals surface area contributed by atoms with Gasteiger partial charge in [-0.3, -0.25) is 4.72 Å². The van der Waals surface area contributed by atoms with Crippen LogP contribution in [-0.2, 0) is 10.0 Å². The van der Waals surface area contributed by atoms with E-state index in [1.165, 1.54) is 0 Å². The van der Waals surface area contributed by atoms with Crippen LogP contribution in [0, 0.1) is 0 Å². The summed E-state index contributed by atoms with van der Waals surface area (Å²) < 4.78 is 30.8. The van der Waals surface area contributed by atoms with Crippen molar-refractivity contribution >= 4 is 27.3 Å². The summed E-state index contributed by atoms with van der Waals surface area (Å²) in [5.74, 6) is 0.764. The van der Waals surface area contributed by atoms with E-state index in [0.717, 1.165) is 30.5 Å². The number of hydrogen-bond acceptors (Lipinski definition) is 4. The topological polar surface area (TPSA) is 67.4 Å². The third kappa shape index (κ3) is 7.34. The molecule has 2 aromatic rings. The average molecular weight is 383 g/mol. The molecule has 0 amide bonds. The van der Waals surface area contributed by atoms with Crippen molar-refractivity contribution in [1.82, 2.24) is 5.32 Å². The van der Waals surface area contributed by atoms with Crippen molar-refractivity contribution in [2.45, 2.75) is 19.4 Å². The molecule has 2 aromatic carbocycles. The van der Waals surface area contributed by atoms with Crippen LogP contribution in [0.1, 0.15) is 24.9 Å². The molecule has 0 heterocycles. The van der Waals surface area contributed by atoms with Gasteiger partial charge in [0.15, 0.2) is 0 Å². The molecular weight excluding hydrogens is 360 g/mol. The van der Waals surface area contributed by atoms with E-state index in [4.69, 9.17) is 16.3 Å². The van der Waals surface area contributed by atoms with Gasteiger partial charge in [0.25, 0.3) is 0 Å². The Morgan fingerprint density at radius 1 is 1.16 bits per heavy atom. The Morgan fingerprint density at radius 3 is 2.64 bits per heavy atom. The van der Waals surface area contributed by atoms with E-state index in [1.54, 1.807) is 12.1 Å². The molecule has 2 N–H and O–H groups in total. The van der Waals surface area contributed by atoms with Gasteiger partial charge in [-0.2, -0.15) is 0 Å². The maximum absolute atomic E-state index is 11.3.